The smallest absolute Gasteiger partial charge is 0.191 e. The number of hydrogen-bond acceptors (Lipinski definition) is 3. The van der Waals surface area contributed by atoms with Crippen LogP contribution in [0, 0.1) is 5.92 Å². The van der Waals surface area contributed by atoms with Gasteiger partial charge in [-0.1, -0.05) is 38.1 Å². The minimum atomic E-state index is 0.296. The lowest BCUT2D eigenvalue weighted by Gasteiger charge is -2.35. The maximum Gasteiger partial charge on any atom is 0.191 e. The Morgan fingerprint density at radius 3 is 2.35 bits per heavy atom. The van der Waals surface area contributed by atoms with E-state index < -0.39 is 0 Å². The molecule has 3 unspecified atom stereocenters. The Kier molecular flexibility index (Phi) is 7.91. The molecule has 1 aromatic carbocycles. The summed E-state index contributed by atoms with van der Waals surface area (Å²) >= 11 is 0. The monoisotopic (exact) mass is 360 g/mol. The van der Waals surface area contributed by atoms with Gasteiger partial charge in [0.05, 0.1) is 12.2 Å². The number of aliphatic imine (C=N–C) groups is 1. The van der Waals surface area contributed by atoms with Crippen molar-refractivity contribution in [3.63, 3.8) is 0 Å². The van der Waals surface area contributed by atoms with E-state index in [2.05, 4.69) is 79.4 Å². The van der Waals surface area contributed by atoms with Gasteiger partial charge in [-0.3, -0.25) is 9.89 Å². The molecule has 0 aliphatic carbocycles. The lowest BCUT2D eigenvalue weighted by atomic mass is 10.1. The third-order valence-electron chi connectivity index (χ3n) is 5.04. The minimum absolute atomic E-state index is 0.296. The number of hydrogen-bond donors (Lipinski definition) is 2. The van der Waals surface area contributed by atoms with E-state index in [1.807, 2.05) is 7.05 Å². The highest BCUT2D eigenvalue weighted by molar-refractivity contribution is 5.79. The number of nitrogens with zero attached hydrogens (tertiary/aromatic N) is 2. The lowest BCUT2D eigenvalue weighted by Crippen LogP contribution is -2.45. The van der Waals surface area contributed by atoms with Crippen molar-refractivity contribution < 1.29 is 4.74 Å². The van der Waals surface area contributed by atoms with Crippen molar-refractivity contribution in [2.75, 3.05) is 20.1 Å². The molecule has 0 spiro atoms. The summed E-state index contributed by atoms with van der Waals surface area (Å²) in [5, 5.41) is 6.92. The molecule has 2 rings (SSSR count). The second kappa shape index (κ2) is 9.93. The molecular formula is C21H36N4O. The Labute approximate surface area is 159 Å². The van der Waals surface area contributed by atoms with Crippen molar-refractivity contribution in [1.82, 2.24) is 15.5 Å². The fourth-order valence-electron chi connectivity index (χ4n) is 3.29. The van der Waals surface area contributed by atoms with Crippen LogP contribution in [0.4, 0.5) is 0 Å². The van der Waals surface area contributed by atoms with E-state index in [0.29, 0.717) is 24.2 Å². The first-order valence-corrected chi connectivity index (χ1v) is 9.80. The Hall–Kier alpha value is -1.59. The first-order chi connectivity index (χ1) is 12.4. The van der Waals surface area contributed by atoms with E-state index in [0.717, 1.165) is 32.1 Å². The Bertz CT molecular complexity index is 577. The van der Waals surface area contributed by atoms with E-state index >= 15 is 0 Å². The normalized spacial score (nSPS) is 23.1. The molecule has 146 valence electrons. The third-order valence-corrected chi connectivity index (χ3v) is 5.04. The summed E-state index contributed by atoms with van der Waals surface area (Å²) in [7, 11) is 1.82. The molecule has 1 fully saturated rings. The quantitative estimate of drug-likeness (QED) is 0.605. The third kappa shape index (κ3) is 6.29. The van der Waals surface area contributed by atoms with Crippen LogP contribution in [-0.2, 0) is 17.8 Å². The van der Waals surface area contributed by atoms with Crippen LogP contribution in [0.15, 0.2) is 29.3 Å². The average molecular weight is 361 g/mol. The molecule has 1 heterocycles. The molecule has 26 heavy (non-hydrogen) atoms. The van der Waals surface area contributed by atoms with Crippen LogP contribution in [0.1, 0.15) is 45.7 Å². The molecular weight excluding hydrogens is 324 g/mol. The second-order valence-corrected chi connectivity index (χ2v) is 7.82. The summed E-state index contributed by atoms with van der Waals surface area (Å²) in [6, 6.07) is 9.05. The van der Waals surface area contributed by atoms with Crippen LogP contribution in [0.2, 0.25) is 0 Å². The summed E-state index contributed by atoms with van der Waals surface area (Å²) in [4.78, 5) is 6.85. The fourth-order valence-corrected chi connectivity index (χ4v) is 3.29. The van der Waals surface area contributed by atoms with Crippen LogP contribution in [0.3, 0.4) is 0 Å². The summed E-state index contributed by atoms with van der Waals surface area (Å²) in [6.07, 6.45) is 0.592. The highest BCUT2D eigenvalue weighted by atomic mass is 16.5. The van der Waals surface area contributed by atoms with E-state index in [1.165, 1.54) is 11.1 Å². The van der Waals surface area contributed by atoms with Gasteiger partial charge in [0.1, 0.15) is 0 Å². The molecule has 3 atom stereocenters. The fraction of sp³-hybridized carbons (Fsp3) is 0.667. The first-order valence-electron chi connectivity index (χ1n) is 9.80. The molecule has 1 aliphatic rings. The van der Waals surface area contributed by atoms with Gasteiger partial charge in [-0.05, 0) is 37.8 Å². The van der Waals surface area contributed by atoms with Gasteiger partial charge in [0.2, 0.25) is 0 Å². The number of rotatable bonds is 6. The lowest BCUT2D eigenvalue weighted by molar-refractivity contribution is -0.0705. The zero-order valence-corrected chi connectivity index (χ0v) is 17.2. The number of benzene rings is 1. The van der Waals surface area contributed by atoms with Crippen molar-refractivity contribution in [3.05, 3.63) is 35.4 Å². The van der Waals surface area contributed by atoms with Crippen LogP contribution >= 0.6 is 0 Å². The van der Waals surface area contributed by atoms with Crippen molar-refractivity contribution in [1.29, 1.82) is 0 Å². The molecule has 5 heteroatoms. The maximum atomic E-state index is 5.86. The highest BCUT2D eigenvalue weighted by Gasteiger charge is 2.22. The van der Waals surface area contributed by atoms with Crippen molar-refractivity contribution >= 4 is 5.96 Å². The van der Waals surface area contributed by atoms with Crippen LogP contribution < -0.4 is 10.6 Å². The molecule has 0 amide bonds. The molecule has 2 N–H and O–H groups in total. The summed E-state index contributed by atoms with van der Waals surface area (Å²) in [5.41, 5.74) is 2.69. The van der Waals surface area contributed by atoms with Gasteiger partial charge >= 0.3 is 0 Å². The molecule has 0 saturated carbocycles. The van der Waals surface area contributed by atoms with Gasteiger partial charge in [0, 0.05) is 39.3 Å². The summed E-state index contributed by atoms with van der Waals surface area (Å²) < 4.78 is 5.86. The van der Waals surface area contributed by atoms with Gasteiger partial charge in [0.15, 0.2) is 5.96 Å². The molecule has 0 aromatic heterocycles. The number of guanidine groups is 1. The topological polar surface area (TPSA) is 48.9 Å². The molecule has 5 nitrogen and oxygen atoms in total. The number of morpholine rings is 1. The van der Waals surface area contributed by atoms with Gasteiger partial charge in [-0.15, -0.1) is 0 Å². The van der Waals surface area contributed by atoms with Crippen LogP contribution in [0.25, 0.3) is 0 Å². The Morgan fingerprint density at radius 2 is 1.77 bits per heavy atom. The number of nitrogens with one attached hydrogen (secondary N) is 2. The summed E-state index contributed by atoms with van der Waals surface area (Å²) in [6.45, 7) is 14.6. The highest BCUT2D eigenvalue weighted by Crippen LogP contribution is 2.17. The van der Waals surface area contributed by atoms with Crippen LogP contribution in [-0.4, -0.2) is 49.2 Å². The molecule has 1 aliphatic heterocycles. The first kappa shape index (κ1) is 20.7. The maximum absolute atomic E-state index is 5.86. The molecule has 0 bridgehead atoms. The largest absolute Gasteiger partial charge is 0.373 e. The Balaban J connectivity index is 1.98. The van der Waals surface area contributed by atoms with Gasteiger partial charge in [-0.25, -0.2) is 0 Å². The molecule has 0 radical (unpaired) electrons. The van der Waals surface area contributed by atoms with Crippen molar-refractivity contribution in [3.8, 4) is 0 Å². The summed E-state index contributed by atoms with van der Waals surface area (Å²) in [5.74, 6) is 1.42. The van der Waals surface area contributed by atoms with E-state index in [4.69, 9.17) is 4.74 Å². The van der Waals surface area contributed by atoms with Gasteiger partial charge in [-0.2, -0.15) is 0 Å². The Morgan fingerprint density at radius 1 is 1.15 bits per heavy atom. The second-order valence-electron chi connectivity index (χ2n) is 7.82. The van der Waals surface area contributed by atoms with Crippen molar-refractivity contribution in [2.24, 2.45) is 10.9 Å². The molecule has 1 aromatic rings. The number of ether oxygens (including phenoxy) is 1. The van der Waals surface area contributed by atoms with E-state index in [9.17, 15) is 0 Å². The molecule has 1 saturated heterocycles. The van der Waals surface area contributed by atoms with Crippen LogP contribution in [0.5, 0.6) is 0 Å². The zero-order chi connectivity index (χ0) is 19.1. The van der Waals surface area contributed by atoms with Crippen molar-refractivity contribution in [2.45, 2.75) is 66.0 Å². The van der Waals surface area contributed by atoms with Gasteiger partial charge < -0.3 is 15.4 Å². The zero-order valence-electron chi connectivity index (χ0n) is 17.2. The predicted molar refractivity (Wildman–Crippen MR) is 109 cm³/mol. The van der Waals surface area contributed by atoms with E-state index in [-0.39, 0.29) is 0 Å². The average Bonchev–Trinajstić information content (AvgIpc) is 2.58. The van der Waals surface area contributed by atoms with Gasteiger partial charge in [0.25, 0.3) is 0 Å². The standard InChI is InChI=1S/C21H36N4O/c1-15(2)18(5)24-21(22-6)23-11-19-9-7-8-10-20(19)14-25-12-16(3)26-17(4)13-25/h7-10,15-18H,11-14H2,1-6H3,(H2,22,23,24). The SMILES string of the molecule is CN=C(NCc1ccccc1CN1CC(C)OC(C)C1)NC(C)C(C)C. The van der Waals surface area contributed by atoms with E-state index in [1.54, 1.807) is 0 Å². The predicted octanol–water partition coefficient (Wildman–Crippen LogP) is 3.01. The minimum Gasteiger partial charge on any atom is -0.373 e.